The van der Waals surface area contributed by atoms with Gasteiger partial charge in [0.25, 0.3) is 0 Å². The van der Waals surface area contributed by atoms with Gasteiger partial charge in [0.05, 0.1) is 4.90 Å². The normalized spacial score (nSPS) is 14.9. The van der Waals surface area contributed by atoms with Gasteiger partial charge >= 0.3 is 0 Å². The van der Waals surface area contributed by atoms with E-state index in [1.807, 2.05) is 26.0 Å². The maximum Gasteiger partial charge on any atom is 0.240 e. The summed E-state index contributed by atoms with van der Waals surface area (Å²) in [6.07, 6.45) is 0. The largest absolute Gasteiger partial charge is 0.384 e. The predicted molar refractivity (Wildman–Crippen MR) is 84.8 cm³/mol. The Hall–Kier alpha value is -0.950. The molecule has 0 radical (unpaired) electrons. The van der Waals surface area contributed by atoms with E-state index in [1.165, 1.54) is 0 Å². The van der Waals surface area contributed by atoms with Crippen molar-refractivity contribution < 1.29 is 13.2 Å². The molecule has 120 valence electrons. The van der Waals surface area contributed by atoms with Gasteiger partial charge in [0.15, 0.2) is 0 Å². The van der Waals surface area contributed by atoms with Gasteiger partial charge in [-0.3, -0.25) is 0 Å². The molecule has 0 amide bonds. The van der Waals surface area contributed by atoms with Crippen LogP contribution in [0.15, 0.2) is 29.2 Å². The number of rotatable bonds is 9. The number of ether oxygens (including phenoxy) is 1. The molecule has 1 aromatic carbocycles. The van der Waals surface area contributed by atoms with Crippen LogP contribution in [0.1, 0.15) is 32.4 Å². The van der Waals surface area contributed by atoms with Gasteiger partial charge in [0.2, 0.25) is 10.0 Å². The number of nitrogens with one attached hydrogen (secondary N) is 2. The first kappa shape index (κ1) is 18.1. The number of hydrogen-bond donors (Lipinski definition) is 2. The van der Waals surface area contributed by atoms with Crippen molar-refractivity contribution in [1.82, 2.24) is 10.0 Å². The molecule has 1 aromatic rings. The van der Waals surface area contributed by atoms with Gasteiger partial charge in [-0.05, 0) is 37.1 Å². The lowest BCUT2D eigenvalue weighted by molar-refractivity contribution is 0.161. The van der Waals surface area contributed by atoms with Crippen molar-refractivity contribution >= 4 is 10.0 Å². The lowest BCUT2D eigenvalue weighted by Gasteiger charge is -2.14. The monoisotopic (exact) mass is 314 g/mol. The number of benzene rings is 1. The molecule has 0 spiro atoms. The molecule has 0 aromatic heterocycles. The van der Waals surface area contributed by atoms with E-state index in [2.05, 4.69) is 17.0 Å². The van der Waals surface area contributed by atoms with Gasteiger partial charge in [-0.25, -0.2) is 13.1 Å². The summed E-state index contributed by atoms with van der Waals surface area (Å²) < 4.78 is 32.0. The first-order valence-electron chi connectivity index (χ1n) is 7.22. The molecule has 0 aliphatic heterocycles. The molecule has 0 fully saturated rings. The Morgan fingerprint density at radius 1 is 1.19 bits per heavy atom. The van der Waals surface area contributed by atoms with E-state index in [0.29, 0.717) is 18.0 Å². The molecule has 21 heavy (non-hydrogen) atoms. The molecular formula is C15H26N2O3S. The second-order valence-electron chi connectivity index (χ2n) is 5.26. The minimum atomic E-state index is -3.45. The van der Waals surface area contributed by atoms with Crippen LogP contribution in [0.3, 0.4) is 0 Å². The summed E-state index contributed by atoms with van der Waals surface area (Å²) in [6, 6.07) is 7.20. The van der Waals surface area contributed by atoms with Crippen molar-refractivity contribution in [3.8, 4) is 0 Å². The fourth-order valence-electron chi connectivity index (χ4n) is 2.04. The van der Waals surface area contributed by atoms with Crippen LogP contribution in [0.5, 0.6) is 0 Å². The zero-order chi connectivity index (χ0) is 15.9. The van der Waals surface area contributed by atoms with Crippen LogP contribution in [0, 0.1) is 5.92 Å². The quantitative estimate of drug-likeness (QED) is 0.731. The van der Waals surface area contributed by atoms with Gasteiger partial charge in [-0.2, -0.15) is 0 Å². The lowest BCUT2D eigenvalue weighted by Crippen LogP contribution is -2.30. The summed E-state index contributed by atoms with van der Waals surface area (Å²) in [7, 11) is -1.85. The molecule has 2 atom stereocenters. The topological polar surface area (TPSA) is 67.4 Å². The smallest absolute Gasteiger partial charge is 0.240 e. The highest BCUT2D eigenvalue weighted by Crippen LogP contribution is 2.16. The Kier molecular flexibility index (Phi) is 7.31. The molecule has 1 rings (SSSR count). The molecule has 0 aliphatic rings. The molecule has 0 aliphatic carbocycles. The second kappa shape index (κ2) is 8.48. The standard InChI is InChI=1S/C15H26N2O3S/c1-5-16-13(3)14-6-8-15(9-7-14)21(18,19)17-10-12(2)11-20-4/h6-9,12-13,16-17H,5,10-11H2,1-4H3. The van der Waals surface area contributed by atoms with Gasteiger partial charge in [-0.15, -0.1) is 0 Å². The number of sulfonamides is 1. The Bertz CT molecular complexity index is 514. The molecule has 0 saturated heterocycles. The van der Waals surface area contributed by atoms with Gasteiger partial charge < -0.3 is 10.1 Å². The van der Waals surface area contributed by atoms with Crippen molar-refractivity contribution in [3.05, 3.63) is 29.8 Å². The van der Waals surface area contributed by atoms with Gasteiger partial charge in [0.1, 0.15) is 0 Å². The summed E-state index contributed by atoms with van der Waals surface area (Å²) in [5.74, 6) is 0.137. The van der Waals surface area contributed by atoms with Crippen LogP contribution < -0.4 is 10.0 Å². The Morgan fingerprint density at radius 2 is 1.81 bits per heavy atom. The van der Waals surface area contributed by atoms with Crippen LogP contribution in [-0.2, 0) is 14.8 Å². The zero-order valence-electron chi connectivity index (χ0n) is 13.2. The Morgan fingerprint density at radius 3 is 2.33 bits per heavy atom. The summed E-state index contributed by atoms with van der Waals surface area (Å²) in [6.45, 7) is 7.80. The average molecular weight is 314 g/mol. The predicted octanol–water partition coefficient (Wildman–Crippen LogP) is 1.92. The van der Waals surface area contributed by atoms with Crippen molar-refractivity contribution in [2.45, 2.75) is 31.7 Å². The van der Waals surface area contributed by atoms with Crippen LogP contribution in [0.2, 0.25) is 0 Å². The van der Waals surface area contributed by atoms with Gasteiger partial charge in [-0.1, -0.05) is 26.0 Å². The molecule has 0 heterocycles. The molecule has 0 bridgehead atoms. The van der Waals surface area contributed by atoms with E-state index in [4.69, 9.17) is 4.74 Å². The summed E-state index contributed by atoms with van der Waals surface area (Å²) in [4.78, 5) is 0.291. The number of methoxy groups -OCH3 is 1. The minimum Gasteiger partial charge on any atom is -0.384 e. The Balaban J connectivity index is 2.71. The van der Waals surface area contributed by atoms with E-state index in [0.717, 1.165) is 12.1 Å². The van der Waals surface area contributed by atoms with Gasteiger partial charge in [0, 0.05) is 26.3 Å². The highest BCUT2D eigenvalue weighted by molar-refractivity contribution is 7.89. The average Bonchev–Trinajstić information content (AvgIpc) is 2.46. The molecule has 2 unspecified atom stereocenters. The lowest BCUT2D eigenvalue weighted by atomic mass is 10.1. The van der Waals surface area contributed by atoms with Crippen molar-refractivity contribution in [2.24, 2.45) is 5.92 Å². The highest BCUT2D eigenvalue weighted by Gasteiger charge is 2.15. The highest BCUT2D eigenvalue weighted by atomic mass is 32.2. The molecule has 0 saturated carbocycles. The van der Waals surface area contributed by atoms with Crippen molar-refractivity contribution in [2.75, 3.05) is 26.8 Å². The van der Waals surface area contributed by atoms with E-state index in [1.54, 1.807) is 19.2 Å². The van der Waals surface area contributed by atoms with Crippen molar-refractivity contribution in [3.63, 3.8) is 0 Å². The summed E-state index contributed by atoms with van der Waals surface area (Å²) in [5.41, 5.74) is 1.07. The SMILES string of the molecule is CCNC(C)c1ccc(S(=O)(=O)NCC(C)COC)cc1. The van der Waals surface area contributed by atoms with Crippen LogP contribution in [-0.4, -0.2) is 35.2 Å². The first-order chi connectivity index (χ1) is 9.90. The summed E-state index contributed by atoms with van der Waals surface area (Å²) in [5, 5.41) is 3.30. The second-order valence-corrected chi connectivity index (χ2v) is 7.03. The third-order valence-electron chi connectivity index (χ3n) is 3.27. The van der Waals surface area contributed by atoms with Crippen LogP contribution in [0.25, 0.3) is 0 Å². The van der Waals surface area contributed by atoms with E-state index < -0.39 is 10.0 Å². The van der Waals surface area contributed by atoms with E-state index >= 15 is 0 Å². The molecule has 5 nitrogen and oxygen atoms in total. The minimum absolute atomic E-state index is 0.137. The third kappa shape index (κ3) is 5.74. The molecule has 2 N–H and O–H groups in total. The maximum absolute atomic E-state index is 12.2. The zero-order valence-corrected chi connectivity index (χ0v) is 14.0. The van der Waals surface area contributed by atoms with Crippen LogP contribution >= 0.6 is 0 Å². The van der Waals surface area contributed by atoms with Crippen LogP contribution in [0.4, 0.5) is 0 Å². The number of hydrogen-bond acceptors (Lipinski definition) is 4. The summed E-state index contributed by atoms with van der Waals surface area (Å²) >= 11 is 0. The van der Waals surface area contributed by atoms with E-state index in [9.17, 15) is 8.42 Å². The molecular weight excluding hydrogens is 288 g/mol. The van der Waals surface area contributed by atoms with E-state index in [-0.39, 0.29) is 12.0 Å². The Labute approximate surface area is 128 Å². The fourth-order valence-corrected chi connectivity index (χ4v) is 3.20. The van der Waals surface area contributed by atoms with Crippen molar-refractivity contribution in [1.29, 1.82) is 0 Å². The maximum atomic E-state index is 12.2. The first-order valence-corrected chi connectivity index (χ1v) is 8.71. The third-order valence-corrected chi connectivity index (χ3v) is 4.71. The molecule has 6 heteroatoms. The fraction of sp³-hybridized carbons (Fsp3) is 0.600.